The van der Waals surface area contributed by atoms with Crippen LogP contribution < -0.4 is 24.0 Å². The summed E-state index contributed by atoms with van der Waals surface area (Å²) in [5.74, 6) is 0. The smallest absolute Gasteiger partial charge is 0.211 e. The van der Waals surface area contributed by atoms with Gasteiger partial charge in [0.25, 0.3) is 0 Å². The zero-order valence-electron chi connectivity index (χ0n) is 17.5. The van der Waals surface area contributed by atoms with Crippen LogP contribution in [0.1, 0.15) is 58.6 Å². The van der Waals surface area contributed by atoms with E-state index in [4.69, 9.17) is 4.43 Å². The van der Waals surface area contributed by atoms with E-state index in [1.165, 1.54) is 29.9 Å². The first-order valence-corrected chi connectivity index (χ1v) is 13.7. The van der Waals surface area contributed by atoms with Gasteiger partial charge in [-0.2, -0.15) is 0 Å². The van der Waals surface area contributed by atoms with Crippen LogP contribution >= 0.6 is 11.8 Å². The average molecular weight is 506 g/mol. The van der Waals surface area contributed by atoms with Gasteiger partial charge in [-0.1, -0.05) is 62.9 Å². The lowest BCUT2D eigenvalue weighted by molar-refractivity contribution is -0.609. The summed E-state index contributed by atoms with van der Waals surface area (Å²) in [6, 6.07) is 11.8. The van der Waals surface area contributed by atoms with Crippen molar-refractivity contribution in [3.05, 3.63) is 35.9 Å². The van der Waals surface area contributed by atoms with Crippen molar-refractivity contribution < 1.29 is 33.0 Å². The molecule has 1 aromatic rings. The van der Waals surface area contributed by atoms with Gasteiger partial charge < -0.3 is 28.4 Å². The quantitative estimate of drug-likeness (QED) is 0.347. The van der Waals surface area contributed by atoms with E-state index < -0.39 is 8.32 Å². The topological polar surface area (TPSA) is 12.2 Å². The van der Waals surface area contributed by atoms with Gasteiger partial charge in [-0.05, 0) is 37.7 Å². The highest BCUT2D eigenvalue weighted by molar-refractivity contribution is 8.13. The van der Waals surface area contributed by atoms with Gasteiger partial charge in [-0.3, -0.25) is 0 Å². The van der Waals surface area contributed by atoms with Gasteiger partial charge in [0.1, 0.15) is 6.61 Å². The molecule has 2 rings (SSSR count). The van der Waals surface area contributed by atoms with Crippen LogP contribution in [0.15, 0.2) is 30.3 Å². The molecule has 2 nitrogen and oxygen atoms in total. The largest absolute Gasteiger partial charge is 1.00 e. The van der Waals surface area contributed by atoms with Crippen LogP contribution in [0.3, 0.4) is 0 Å². The van der Waals surface area contributed by atoms with Crippen LogP contribution in [0.4, 0.5) is 0 Å². The molecule has 1 heterocycles. The van der Waals surface area contributed by atoms with Crippen molar-refractivity contribution in [2.45, 2.75) is 77.2 Å². The number of hydrogen-bond donors (Lipinski definition) is 0. The second-order valence-corrected chi connectivity index (χ2v) is 14.4. The number of thioether (sulfide) groups is 1. The van der Waals surface area contributed by atoms with Crippen LogP contribution in [0.25, 0.3) is 0 Å². The third-order valence-corrected chi connectivity index (χ3v) is 11.3. The number of rotatable bonds is 5. The highest BCUT2D eigenvalue weighted by Crippen LogP contribution is 2.38. The summed E-state index contributed by atoms with van der Waals surface area (Å²) in [5.41, 5.74) is 1.38. The van der Waals surface area contributed by atoms with Gasteiger partial charge in [-0.15, -0.1) is 0 Å². The standard InChI is InChI=1S/C21H36NOSSi.HI/c1-17-12-11-15-20(24-5)22(17)19(18-13-9-8-10-14-18)16-23-25(6,7)21(2,3)4;/h8-10,13-14,17,19H,11-12,15-16H2,1-7H3;1H/q+1;/p-1/t17-,19+;/m1./s1. The summed E-state index contributed by atoms with van der Waals surface area (Å²) in [7, 11) is -1.76. The van der Waals surface area contributed by atoms with Crippen LogP contribution in [0.5, 0.6) is 0 Å². The summed E-state index contributed by atoms with van der Waals surface area (Å²) in [6.07, 6.45) is 6.00. The van der Waals surface area contributed by atoms with Crippen LogP contribution in [-0.4, -0.2) is 36.8 Å². The first-order valence-electron chi connectivity index (χ1n) is 9.54. The molecule has 148 valence electrons. The molecule has 0 N–H and O–H groups in total. The summed E-state index contributed by atoms with van der Waals surface area (Å²) in [6.45, 7) is 14.8. The van der Waals surface area contributed by atoms with Crippen molar-refractivity contribution in [1.29, 1.82) is 0 Å². The zero-order chi connectivity index (χ0) is 18.7. The monoisotopic (exact) mass is 505 g/mol. The number of hydrogen-bond acceptors (Lipinski definition) is 2. The predicted molar refractivity (Wildman–Crippen MR) is 114 cm³/mol. The molecule has 1 aromatic carbocycles. The molecule has 0 amide bonds. The summed E-state index contributed by atoms with van der Waals surface area (Å²) in [5, 5.41) is 1.76. The van der Waals surface area contributed by atoms with Crippen molar-refractivity contribution >= 4 is 25.1 Å². The summed E-state index contributed by atoms with van der Waals surface area (Å²) in [4.78, 5) is 0. The Balaban J connectivity index is 0.00000338. The Morgan fingerprint density at radius 2 is 1.85 bits per heavy atom. The molecular formula is C21H36INOSSi. The lowest BCUT2D eigenvalue weighted by Gasteiger charge is -2.37. The van der Waals surface area contributed by atoms with Gasteiger partial charge >= 0.3 is 0 Å². The van der Waals surface area contributed by atoms with E-state index in [0.717, 1.165) is 6.61 Å². The van der Waals surface area contributed by atoms with E-state index in [-0.39, 0.29) is 29.0 Å². The number of benzene rings is 1. The Morgan fingerprint density at radius 1 is 1.23 bits per heavy atom. The second-order valence-electron chi connectivity index (χ2n) is 8.74. The van der Waals surface area contributed by atoms with Gasteiger partial charge in [0, 0.05) is 18.4 Å². The Morgan fingerprint density at radius 3 is 2.38 bits per heavy atom. The minimum absolute atomic E-state index is 0. The fourth-order valence-electron chi connectivity index (χ4n) is 3.27. The highest BCUT2D eigenvalue weighted by Gasteiger charge is 2.40. The lowest BCUT2D eigenvalue weighted by atomic mass is 10.0. The minimum atomic E-state index is -1.76. The lowest BCUT2D eigenvalue weighted by Crippen LogP contribution is -3.00. The normalized spacial score (nSPS) is 19.9. The van der Waals surface area contributed by atoms with Crippen LogP contribution in [0.2, 0.25) is 18.1 Å². The number of nitrogens with zero attached hydrogens (tertiary/aromatic N) is 1. The maximum absolute atomic E-state index is 6.68. The van der Waals surface area contributed by atoms with Crippen molar-refractivity contribution in [3.63, 3.8) is 0 Å². The van der Waals surface area contributed by atoms with Gasteiger partial charge in [0.15, 0.2) is 14.4 Å². The van der Waals surface area contributed by atoms with Gasteiger partial charge in [0.2, 0.25) is 11.1 Å². The Kier molecular flexibility index (Phi) is 9.37. The molecule has 0 saturated heterocycles. The molecular weight excluding hydrogens is 469 g/mol. The fourth-order valence-corrected chi connectivity index (χ4v) is 5.14. The van der Waals surface area contributed by atoms with E-state index in [1.807, 2.05) is 11.8 Å². The van der Waals surface area contributed by atoms with Crippen molar-refractivity contribution in [1.82, 2.24) is 0 Å². The van der Waals surface area contributed by atoms with Crippen molar-refractivity contribution in [2.24, 2.45) is 0 Å². The zero-order valence-corrected chi connectivity index (χ0v) is 21.5. The molecule has 0 radical (unpaired) electrons. The minimum Gasteiger partial charge on any atom is -1.00 e. The molecule has 0 spiro atoms. The maximum Gasteiger partial charge on any atom is 0.211 e. The SMILES string of the molecule is CSC1=[N+]([C@@H](CO[Si](C)(C)C(C)(C)C)c2ccccc2)[C@H](C)CCC1.[I-]. The third-order valence-electron chi connectivity index (χ3n) is 5.94. The third kappa shape index (κ3) is 5.82. The summed E-state index contributed by atoms with van der Waals surface area (Å²) < 4.78 is 9.33. The van der Waals surface area contributed by atoms with Crippen LogP contribution in [-0.2, 0) is 4.43 Å². The van der Waals surface area contributed by atoms with E-state index >= 15 is 0 Å². The maximum atomic E-state index is 6.68. The highest BCUT2D eigenvalue weighted by atomic mass is 127. The molecule has 0 unspecified atom stereocenters. The first-order chi connectivity index (χ1) is 11.7. The van der Waals surface area contributed by atoms with Gasteiger partial charge in [0.05, 0.1) is 0 Å². The second kappa shape index (κ2) is 10.1. The molecule has 0 saturated carbocycles. The van der Waals surface area contributed by atoms with Crippen molar-refractivity contribution in [2.75, 3.05) is 12.9 Å². The Hall–Kier alpha value is 0.147. The molecule has 1 aliphatic heterocycles. The molecule has 0 bridgehead atoms. The molecule has 0 fully saturated rings. The van der Waals surface area contributed by atoms with E-state index in [9.17, 15) is 0 Å². The molecule has 0 aliphatic carbocycles. The first kappa shape index (κ1) is 24.2. The Labute approximate surface area is 183 Å². The molecule has 1 aliphatic rings. The predicted octanol–water partition coefficient (Wildman–Crippen LogP) is 3.10. The van der Waals surface area contributed by atoms with E-state index in [2.05, 4.69) is 82.0 Å². The van der Waals surface area contributed by atoms with Crippen LogP contribution in [0, 0.1) is 0 Å². The van der Waals surface area contributed by atoms with E-state index in [0.29, 0.717) is 12.1 Å². The van der Waals surface area contributed by atoms with Gasteiger partial charge in [-0.25, -0.2) is 4.58 Å². The molecule has 2 atom stereocenters. The molecule has 26 heavy (non-hydrogen) atoms. The molecule has 0 aromatic heterocycles. The van der Waals surface area contributed by atoms with Crippen molar-refractivity contribution in [3.8, 4) is 0 Å². The van der Waals surface area contributed by atoms with E-state index in [1.54, 1.807) is 0 Å². The average Bonchev–Trinajstić information content (AvgIpc) is 2.56. The fraction of sp³-hybridized carbons (Fsp3) is 0.667. The summed E-state index contributed by atoms with van der Waals surface area (Å²) >= 11 is 1.92. The Bertz CT molecular complexity index is 598. The number of halogens is 1. The molecule has 5 heteroatoms.